The molecule has 0 aliphatic carbocycles. The van der Waals surface area contributed by atoms with Crippen molar-refractivity contribution in [2.75, 3.05) is 31.1 Å². The van der Waals surface area contributed by atoms with Gasteiger partial charge < -0.3 is 14.4 Å². The van der Waals surface area contributed by atoms with Gasteiger partial charge in [-0.2, -0.15) is 13.2 Å². The molecule has 1 saturated heterocycles. The summed E-state index contributed by atoms with van der Waals surface area (Å²) in [4.78, 5) is 29.5. The van der Waals surface area contributed by atoms with Gasteiger partial charge in [-0.3, -0.25) is 9.79 Å². The summed E-state index contributed by atoms with van der Waals surface area (Å²) in [5.41, 5.74) is 2.05. The summed E-state index contributed by atoms with van der Waals surface area (Å²) in [6, 6.07) is 6.12. The van der Waals surface area contributed by atoms with Crippen molar-refractivity contribution in [1.82, 2.24) is 19.4 Å². The van der Waals surface area contributed by atoms with E-state index in [4.69, 9.17) is 0 Å². The van der Waals surface area contributed by atoms with E-state index in [1.54, 1.807) is 19.2 Å². The predicted molar refractivity (Wildman–Crippen MR) is 123 cm³/mol. The number of alkyl halides is 3. The van der Waals surface area contributed by atoms with Gasteiger partial charge in [0.15, 0.2) is 5.49 Å². The molecule has 0 atom stereocenters. The van der Waals surface area contributed by atoms with Crippen LogP contribution in [0, 0.1) is 13.8 Å². The molecule has 2 aromatic heterocycles. The quantitative estimate of drug-likeness (QED) is 0.586. The first kappa shape index (κ1) is 23.7. The average Bonchev–Trinajstić information content (AvgIpc) is 2.80. The number of fused-ring (bicyclic) bond motifs is 1. The smallest absolute Gasteiger partial charge is 0.367 e. The summed E-state index contributed by atoms with van der Waals surface area (Å²) < 4.78 is 41.8. The minimum absolute atomic E-state index is 0.0639. The number of carbonyl (C=O) groups excluding carboxylic acids is 1. The van der Waals surface area contributed by atoms with Crippen LogP contribution < -0.4 is 10.4 Å². The SMILES string of the molecule is CC(=O)N1CCN(c2cnc3c(c2)c(=NCc2cccc(C(F)(F)F)c2C)nc(C)n3C)CC1. The van der Waals surface area contributed by atoms with Crippen molar-refractivity contribution >= 4 is 22.6 Å². The lowest BCUT2D eigenvalue weighted by atomic mass is 10.0. The van der Waals surface area contributed by atoms with E-state index in [9.17, 15) is 18.0 Å². The van der Waals surface area contributed by atoms with E-state index < -0.39 is 11.7 Å². The first-order valence-electron chi connectivity index (χ1n) is 11.1. The summed E-state index contributed by atoms with van der Waals surface area (Å²) in [5, 5.41) is 0.726. The molecule has 0 radical (unpaired) electrons. The Bertz CT molecular complexity index is 1310. The number of aromatic nitrogens is 3. The number of benzene rings is 1. The third-order valence-corrected chi connectivity index (χ3v) is 6.40. The largest absolute Gasteiger partial charge is 0.416 e. The number of halogens is 3. The van der Waals surface area contributed by atoms with E-state index in [-0.39, 0.29) is 18.0 Å². The fourth-order valence-corrected chi connectivity index (χ4v) is 4.22. The molecule has 1 amide bonds. The molecule has 3 heterocycles. The maximum Gasteiger partial charge on any atom is 0.416 e. The number of anilines is 1. The lowest BCUT2D eigenvalue weighted by Gasteiger charge is -2.35. The van der Waals surface area contributed by atoms with Gasteiger partial charge in [0.2, 0.25) is 5.91 Å². The van der Waals surface area contributed by atoms with Gasteiger partial charge in [-0.15, -0.1) is 0 Å². The van der Waals surface area contributed by atoms with Gasteiger partial charge in [0, 0.05) is 40.2 Å². The molecule has 10 heteroatoms. The molecule has 0 N–H and O–H groups in total. The van der Waals surface area contributed by atoms with Gasteiger partial charge in [-0.25, -0.2) is 9.97 Å². The van der Waals surface area contributed by atoms with Crippen molar-refractivity contribution in [3.05, 3.63) is 58.5 Å². The Morgan fingerprint density at radius 2 is 1.85 bits per heavy atom. The van der Waals surface area contributed by atoms with Crippen molar-refractivity contribution in [3.63, 3.8) is 0 Å². The molecule has 0 bridgehead atoms. The van der Waals surface area contributed by atoms with E-state index in [1.165, 1.54) is 13.0 Å². The summed E-state index contributed by atoms with van der Waals surface area (Å²) >= 11 is 0. The number of rotatable bonds is 3. The molecular formula is C24H27F3N6O. The molecule has 7 nitrogen and oxygen atoms in total. The van der Waals surface area contributed by atoms with Gasteiger partial charge in [0.05, 0.1) is 29.4 Å². The standard InChI is InChI=1S/C24H27F3N6O/c1-15-18(6-5-7-21(15)24(25,26)27)13-28-22-20-12-19(14-29-23(20)31(4)16(2)30-22)33-10-8-32(9-11-33)17(3)34/h5-7,12,14H,8-11,13H2,1-4H3. The van der Waals surface area contributed by atoms with Crippen LogP contribution in [0.2, 0.25) is 0 Å². The lowest BCUT2D eigenvalue weighted by Crippen LogP contribution is -2.48. The number of pyridine rings is 1. The number of carbonyl (C=O) groups is 1. The Balaban J connectivity index is 1.73. The summed E-state index contributed by atoms with van der Waals surface area (Å²) in [5.74, 6) is 0.760. The van der Waals surface area contributed by atoms with Gasteiger partial charge in [0.25, 0.3) is 0 Å². The minimum Gasteiger partial charge on any atom is -0.367 e. The minimum atomic E-state index is -4.41. The Hall–Kier alpha value is -3.43. The Morgan fingerprint density at radius 3 is 2.50 bits per heavy atom. The fraction of sp³-hybridized carbons (Fsp3) is 0.417. The number of amides is 1. The number of piperazine rings is 1. The predicted octanol–water partition coefficient (Wildman–Crippen LogP) is 3.37. The molecule has 4 rings (SSSR count). The van der Waals surface area contributed by atoms with Crippen LogP contribution >= 0.6 is 0 Å². The third-order valence-electron chi connectivity index (χ3n) is 6.40. The molecule has 1 aliphatic heterocycles. The van der Waals surface area contributed by atoms with Gasteiger partial charge in [-0.1, -0.05) is 12.1 Å². The lowest BCUT2D eigenvalue weighted by molar-refractivity contribution is -0.138. The molecule has 34 heavy (non-hydrogen) atoms. The van der Waals surface area contributed by atoms with Crippen LogP contribution in [0.4, 0.5) is 18.9 Å². The zero-order valence-corrected chi connectivity index (χ0v) is 19.6. The number of hydrogen-bond donors (Lipinski definition) is 0. The fourth-order valence-electron chi connectivity index (χ4n) is 4.22. The molecular weight excluding hydrogens is 445 g/mol. The van der Waals surface area contributed by atoms with Crippen LogP contribution in [0.1, 0.15) is 29.4 Å². The van der Waals surface area contributed by atoms with Crippen molar-refractivity contribution in [3.8, 4) is 0 Å². The highest BCUT2D eigenvalue weighted by Gasteiger charge is 2.32. The van der Waals surface area contributed by atoms with Crippen molar-refractivity contribution in [1.29, 1.82) is 0 Å². The van der Waals surface area contributed by atoms with Gasteiger partial charge in [-0.05, 0) is 37.1 Å². The highest BCUT2D eigenvalue weighted by atomic mass is 19.4. The maximum atomic E-state index is 13.3. The van der Waals surface area contributed by atoms with Crippen LogP contribution in [0.25, 0.3) is 11.0 Å². The third kappa shape index (κ3) is 4.62. The van der Waals surface area contributed by atoms with Crippen molar-refractivity contribution < 1.29 is 18.0 Å². The van der Waals surface area contributed by atoms with Crippen molar-refractivity contribution in [2.45, 2.75) is 33.5 Å². The highest BCUT2D eigenvalue weighted by molar-refractivity contribution is 5.78. The summed E-state index contributed by atoms with van der Waals surface area (Å²) in [7, 11) is 1.86. The van der Waals surface area contributed by atoms with E-state index in [2.05, 4.69) is 19.9 Å². The molecule has 1 fully saturated rings. The van der Waals surface area contributed by atoms with Crippen LogP contribution in [0.3, 0.4) is 0 Å². The normalized spacial score (nSPS) is 15.3. The zero-order chi connectivity index (χ0) is 24.6. The average molecular weight is 473 g/mol. The first-order valence-corrected chi connectivity index (χ1v) is 11.1. The molecule has 1 aromatic carbocycles. The second-order valence-corrected chi connectivity index (χ2v) is 8.50. The van der Waals surface area contributed by atoms with Crippen LogP contribution in [0.5, 0.6) is 0 Å². The summed E-state index contributed by atoms with van der Waals surface area (Å²) in [6.45, 7) is 7.61. The van der Waals surface area contributed by atoms with E-state index in [1.807, 2.05) is 29.5 Å². The Morgan fingerprint density at radius 1 is 1.15 bits per heavy atom. The molecule has 0 unspecified atom stereocenters. The molecule has 1 aliphatic rings. The number of aryl methyl sites for hydroxylation is 2. The Labute approximate surface area is 195 Å². The zero-order valence-electron chi connectivity index (χ0n) is 19.6. The van der Waals surface area contributed by atoms with Crippen LogP contribution in [-0.2, 0) is 24.6 Å². The van der Waals surface area contributed by atoms with Crippen molar-refractivity contribution in [2.24, 2.45) is 12.0 Å². The van der Waals surface area contributed by atoms with Gasteiger partial charge in [0.1, 0.15) is 11.5 Å². The monoisotopic (exact) mass is 472 g/mol. The first-order chi connectivity index (χ1) is 16.1. The molecule has 180 valence electrons. The van der Waals surface area contributed by atoms with Crippen LogP contribution in [0.15, 0.2) is 35.5 Å². The second kappa shape index (κ2) is 9.08. The van der Waals surface area contributed by atoms with E-state index >= 15 is 0 Å². The number of nitrogens with zero attached hydrogens (tertiary/aromatic N) is 6. The Kier molecular flexibility index (Phi) is 6.33. The number of hydrogen-bond acceptors (Lipinski definition) is 5. The topological polar surface area (TPSA) is 66.6 Å². The highest BCUT2D eigenvalue weighted by Crippen LogP contribution is 2.33. The maximum absolute atomic E-state index is 13.3. The molecule has 0 saturated carbocycles. The van der Waals surface area contributed by atoms with Crippen LogP contribution in [-0.4, -0.2) is 51.5 Å². The van der Waals surface area contributed by atoms with E-state index in [0.29, 0.717) is 48.7 Å². The second-order valence-electron chi connectivity index (χ2n) is 8.50. The summed E-state index contributed by atoms with van der Waals surface area (Å²) in [6.07, 6.45) is -2.61. The van der Waals surface area contributed by atoms with E-state index in [0.717, 1.165) is 17.1 Å². The molecule has 3 aromatic rings. The molecule has 0 spiro atoms. The van der Waals surface area contributed by atoms with Gasteiger partial charge >= 0.3 is 6.18 Å².